The Balaban J connectivity index is 1.52. The van der Waals surface area contributed by atoms with Crippen molar-refractivity contribution in [1.29, 1.82) is 0 Å². The molecule has 19 heteroatoms. The number of alkyl carbamates (subject to hydrolysis) is 1. The Kier molecular flexibility index (Phi) is 14.2. The molecule has 2 unspecified atom stereocenters. The summed E-state index contributed by atoms with van der Waals surface area (Å²) in [7, 11) is 1.33. The van der Waals surface area contributed by atoms with Crippen molar-refractivity contribution in [3.63, 3.8) is 0 Å². The number of nitrogens with zero attached hydrogens (tertiary/aromatic N) is 1. The van der Waals surface area contributed by atoms with Crippen LogP contribution in [0.2, 0.25) is 0 Å². The van der Waals surface area contributed by atoms with Crippen LogP contribution in [0.25, 0.3) is 0 Å². The second-order valence-electron chi connectivity index (χ2n) is 19.6. The molecule has 6 rings (SSSR count). The quantitative estimate of drug-likeness (QED) is 0.110. The number of carbonyl (C=O) groups is 7. The smallest absolute Gasteiger partial charge is 0.408 e. The van der Waals surface area contributed by atoms with Crippen LogP contribution in [-0.2, 0) is 52.4 Å². The van der Waals surface area contributed by atoms with Gasteiger partial charge in [-0.1, -0.05) is 62.4 Å². The Bertz CT molecular complexity index is 2290. The fourth-order valence-corrected chi connectivity index (χ4v) is 10.3. The zero-order valence-corrected chi connectivity index (χ0v) is 39.0. The Morgan fingerprint density at radius 1 is 0.940 bits per heavy atom. The summed E-state index contributed by atoms with van der Waals surface area (Å²) in [4.78, 5) is 97.0. The number of likely N-dealkylation sites (N-methyl/N-ethyl adjacent to an activating group) is 1. The van der Waals surface area contributed by atoms with Gasteiger partial charge in [0, 0.05) is 25.2 Å². The summed E-state index contributed by atoms with van der Waals surface area (Å²) in [6.07, 6.45) is -12.2. The zero-order valence-electron chi connectivity index (χ0n) is 39.0. The topological polar surface area (TPSA) is 271 Å². The first kappa shape index (κ1) is 50.7. The number of nitrogens with one attached hydrogen (secondary N) is 1. The van der Waals surface area contributed by atoms with E-state index in [1.54, 1.807) is 57.2 Å². The molecule has 364 valence electrons. The number of Topliss-reactive ketones (excluding diaryl/α,β-unsaturated/α-hetero) is 1. The molecule has 1 amide bonds. The van der Waals surface area contributed by atoms with Crippen LogP contribution < -0.4 is 5.32 Å². The second kappa shape index (κ2) is 18.7. The number of benzene rings is 2. The van der Waals surface area contributed by atoms with E-state index in [-0.39, 0.29) is 35.3 Å². The first-order valence-electron chi connectivity index (χ1n) is 21.9. The molecular weight excluding hydrogens is 877 g/mol. The van der Waals surface area contributed by atoms with Gasteiger partial charge < -0.3 is 54.2 Å². The third-order valence-electron chi connectivity index (χ3n) is 13.6. The third kappa shape index (κ3) is 9.56. The van der Waals surface area contributed by atoms with Gasteiger partial charge in [-0.2, -0.15) is 0 Å². The molecule has 2 aromatic carbocycles. The zero-order chi connectivity index (χ0) is 49.6. The van der Waals surface area contributed by atoms with E-state index < -0.39 is 137 Å². The number of hydrogen-bond acceptors (Lipinski definition) is 17. The maximum absolute atomic E-state index is 15.2. The van der Waals surface area contributed by atoms with Crippen LogP contribution in [0.3, 0.4) is 0 Å². The maximum Gasteiger partial charge on any atom is 0.408 e. The van der Waals surface area contributed by atoms with Gasteiger partial charge in [0.05, 0.1) is 42.7 Å². The number of fused-ring (bicyclic) bond motifs is 5. The summed E-state index contributed by atoms with van der Waals surface area (Å²) in [5, 5.41) is 49.9. The molecule has 3 fully saturated rings. The predicted octanol–water partition coefficient (Wildman–Crippen LogP) is 2.83. The van der Waals surface area contributed by atoms with Crippen molar-refractivity contribution in [3.8, 4) is 0 Å². The first-order valence-corrected chi connectivity index (χ1v) is 21.9. The summed E-state index contributed by atoms with van der Waals surface area (Å²) in [6, 6.07) is 14.1. The lowest BCUT2D eigenvalue weighted by atomic mass is 9.44. The molecule has 5 N–H and O–H groups in total. The number of esters is 4. The highest BCUT2D eigenvalue weighted by molar-refractivity contribution is 5.94. The van der Waals surface area contributed by atoms with Gasteiger partial charge in [0.2, 0.25) is 6.10 Å². The normalized spacial score (nSPS) is 30.7. The van der Waals surface area contributed by atoms with Gasteiger partial charge in [-0.3, -0.25) is 24.1 Å². The largest absolute Gasteiger partial charge is 0.480 e. The lowest BCUT2D eigenvalue weighted by Gasteiger charge is -2.67. The van der Waals surface area contributed by atoms with E-state index in [4.69, 9.17) is 28.4 Å². The van der Waals surface area contributed by atoms with E-state index in [1.807, 2.05) is 0 Å². The molecule has 0 radical (unpaired) electrons. The van der Waals surface area contributed by atoms with E-state index in [0.29, 0.717) is 0 Å². The number of hydrogen-bond donors (Lipinski definition) is 5. The van der Waals surface area contributed by atoms with Crippen molar-refractivity contribution < 1.29 is 82.4 Å². The van der Waals surface area contributed by atoms with Crippen molar-refractivity contribution >= 4 is 41.7 Å². The molecule has 1 aliphatic heterocycles. The van der Waals surface area contributed by atoms with Gasteiger partial charge in [0.1, 0.15) is 41.7 Å². The number of carboxylic acid groups (broad SMARTS) is 1. The van der Waals surface area contributed by atoms with Crippen LogP contribution in [-0.4, -0.2) is 147 Å². The highest BCUT2D eigenvalue weighted by Gasteiger charge is 2.78. The summed E-state index contributed by atoms with van der Waals surface area (Å²) in [6.45, 7) is 10.2. The van der Waals surface area contributed by atoms with Crippen LogP contribution in [0.5, 0.6) is 0 Å². The minimum atomic E-state index is -2.46. The number of aliphatic hydroxyl groups excluding tert-OH is 2. The molecule has 2 aromatic rings. The molecule has 0 spiro atoms. The molecule has 3 aliphatic carbocycles. The van der Waals surface area contributed by atoms with Crippen molar-refractivity contribution in [2.45, 2.75) is 128 Å². The molecular formula is C48H60N2O17. The number of ketones is 1. The fourth-order valence-electron chi connectivity index (χ4n) is 10.3. The number of aliphatic hydroxyl groups is 3. The average Bonchev–Trinajstić information content (AvgIpc) is 3.22. The second-order valence-corrected chi connectivity index (χ2v) is 19.6. The highest BCUT2D eigenvalue weighted by atomic mass is 16.6. The lowest BCUT2D eigenvalue weighted by Crippen LogP contribution is -2.81. The van der Waals surface area contributed by atoms with E-state index in [2.05, 4.69) is 5.32 Å². The van der Waals surface area contributed by atoms with Crippen LogP contribution in [0.15, 0.2) is 71.8 Å². The number of aliphatic carboxylic acids is 1. The Labute approximate surface area is 387 Å². The lowest BCUT2D eigenvalue weighted by molar-refractivity contribution is -0.346. The van der Waals surface area contributed by atoms with Gasteiger partial charge in [0.15, 0.2) is 11.4 Å². The summed E-state index contributed by atoms with van der Waals surface area (Å²) >= 11 is 0. The van der Waals surface area contributed by atoms with E-state index in [1.165, 1.54) is 59.0 Å². The molecule has 11 atom stereocenters. The number of carboxylic acids is 1. The van der Waals surface area contributed by atoms with Gasteiger partial charge in [-0.25, -0.2) is 14.4 Å². The Morgan fingerprint density at radius 3 is 2.10 bits per heavy atom. The van der Waals surface area contributed by atoms with Crippen LogP contribution in [0.1, 0.15) is 90.2 Å². The van der Waals surface area contributed by atoms with Crippen LogP contribution in [0, 0.1) is 16.7 Å². The SMILES string of the molecule is CC(=O)O[C@@]12CO[C@@H]1C[C@H](O)[C@@]1(C)C(=O)[C@H](O)C3=C(C)C(OC(=O)C(OC(=O)CN(C)CC(=O)O)[C@@H](NC(=O)OC(C)(C)C)c4ccccc4)C[C@@](O)([C@@H](OC(=O)c4ccccc4)[C@H]21)C3(C)C. The number of carbonyl (C=O) groups excluding carboxylic acids is 6. The molecule has 1 heterocycles. The van der Waals surface area contributed by atoms with Crippen molar-refractivity contribution in [2.24, 2.45) is 16.7 Å². The highest BCUT2D eigenvalue weighted by Crippen LogP contribution is 2.64. The predicted molar refractivity (Wildman–Crippen MR) is 233 cm³/mol. The molecule has 4 aliphatic rings. The van der Waals surface area contributed by atoms with Gasteiger partial charge in [-0.15, -0.1) is 0 Å². The van der Waals surface area contributed by atoms with Gasteiger partial charge >= 0.3 is 35.9 Å². The molecule has 1 saturated heterocycles. The molecule has 67 heavy (non-hydrogen) atoms. The number of amides is 1. The minimum Gasteiger partial charge on any atom is -0.480 e. The van der Waals surface area contributed by atoms with E-state index in [0.717, 1.165) is 11.8 Å². The van der Waals surface area contributed by atoms with Crippen molar-refractivity contribution in [3.05, 3.63) is 82.9 Å². The van der Waals surface area contributed by atoms with E-state index >= 15 is 4.79 Å². The number of ether oxygens (including phenoxy) is 6. The van der Waals surface area contributed by atoms with Gasteiger partial charge in [0.25, 0.3) is 0 Å². The summed E-state index contributed by atoms with van der Waals surface area (Å²) in [5.74, 6) is -8.01. The first-order chi connectivity index (χ1) is 31.2. The molecule has 2 saturated carbocycles. The Morgan fingerprint density at radius 2 is 1.55 bits per heavy atom. The summed E-state index contributed by atoms with van der Waals surface area (Å²) in [5.41, 5.74) is -8.89. The monoisotopic (exact) mass is 936 g/mol. The van der Waals surface area contributed by atoms with Crippen molar-refractivity contribution in [1.82, 2.24) is 10.2 Å². The third-order valence-corrected chi connectivity index (χ3v) is 13.6. The fraction of sp³-hybridized carbons (Fsp3) is 0.562. The molecule has 2 bridgehead atoms. The van der Waals surface area contributed by atoms with Gasteiger partial charge in [-0.05, 0) is 70.5 Å². The molecule has 0 aromatic heterocycles. The minimum absolute atomic E-state index is 0.0344. The Hall–Kier alpha value is -5.73. The molecule has 19 nitrogen and oxygen atoms in total. The standard InChI is InChI=1S/C48H60N2O17/c1-25-29(63-42(59)37(64-33(55)23-50(9)22-32(53)54)35(27-16-12-10-13-17-27)49-43(60)67-44(3,4)5)21-48(61)40(65-41(58)28-18-14-11-15-19-28)38-46(8,39(57)36(56)34(25)45(48,6)7)30(52)20-31-47(38,24-62-31)66-26(2)51/h10-19,29-31,35-38,40,52,56,61H,20-24H2,1-9H3,(H,49,60)(H,53,54)/t29?,30-,31+,35-,36+,37?,38-,40-,46+,47-,48+/m0/s1. The summed E-state index contributed by atoms with van der Waals surface area (Å²) < 4.78 is 35.7. The number of rotatable bonds is 13. The van der Waals surface area contributed by atoms with Crippen LogP contribution in [0.4, 0.5) is 4.79 Å². The average molecular weight is 937 g/mol. The van der Waals surface area contributed by atoms with Crippen molar-refractivity contribution in [2.75, 3.05) is 26.7 Å². The van der Waals surface area contributed by atoms with Crippen LogP contribution >= 0.6 is 0 Å². The van der Waals surface area contributed by atoms with E-state index in [9.17, 15) is 49.2 Å². The maximum atomic E-state index is 15.2.